The lowest BCUT2D eigenvalue weighted by Gasteiger charge is -2.42. The van der Waals surface area contributed by atoms with Gasteiger partial charge in [-0.05, 0) is 53.5 Å². The molecular weight excluding hydrogens is 376 g/mol. The van der Waals surface area contributed by atoms with Crippen molar-refractivity contribution in [1.29, 1.82) is 0 Å². The van der Waals surface area contributed by atoms with Crippen LogP contribution in [0.25, 0.3) is 0 Å². The van der Waals surface area contributed by atoms with Gasteiger partial charge in [0.2, 0.25) is 0 Å². The molecule has 152 valence electrons. The van der Waals surface area contributed by atoms with Crippen LogP contribution in [0.2, 0.25) is 0 Å². The molecule has 1 aliphatic heterocycles. The van der Waals surface area contributed by atoms with Crippen LogP contribution in [0.4, 0.5) is 5.00 Å². The average molecular weight is 405 g/mol. The molecule has 1 amide bonds. The van der Waals surface area contributed by atoms with Crippen molar-refractivity contribution < 1.29 is 14.3 Å². The van der Waals surface area contributed by atoms with Crippen LogP contribution in [0.1, 0.15) is 71.5 Å². The maximum Gasteiger partial charge on any atom is 0.341 e. The minimum absolute atomic E-state index is 0.183. The largest absolute Gasteiger partial charge is 0.462 e. The second-order valence-corrected chi connectivity index (χ2v) is 9.45. The molecule has 0 unspecified atom stereocenters. The number of carbonyl (C=O) groups is 2. The number of ether oxygens (including phenoxy) is 1. The third-order valence-corrected chi connectivity index (χ3v) is 6.25. The Morgan fingerprint density at radius 2 is 2.04 bits per heavy atom. The van der Waals surface area contributed by atoms with Gasteiger partial charge in [0.05, 0.1) is 12.2 Å². The molecule has 28 heavy (non-hydrogen) atoms. The number of amides is 1. The number of carbonyl (C=O) groups excluding carboxylic acids is 2. The van der Waals surface area contributed by atoms with Crippen LogP contribution in [-0.4, -0.2) is 33.8 Å². The van der Waals surface area contributed by atoms with Crippen molar-refractivity contribution in [3.05, 3.63) is 33.5 Å². The van der Waals surface area contributed by atoms with Gasteiger partial charge in [-0.3, -0.25) is 9.48 Å². The minimum Gasteiger partial charge on any atom is -0.462 e. The minimum atomic E-state index is -0.401. The SMILES string of the molecule is CCOC(=O)c1c(NC(=O)c2nn(C)cc2C)sc2c1CC(C)(C)NC2(C)C. The summed E-state index contributed by atoms with van der Waals surface area (Å²) < 4.78 is 6.92. The van der Waals surface area contributed by atoms with Crippen LogP contribution in [0.15, 0.2) is 6.20 Å². The molecule has 0 aromatic carbocycles. The average Bonchev–Trinajstić information content (AvgIpc) is 3.05. The molecule has 2 aromatic heterocycles. The summed E-state index contributed by atoms with van der Waals surface area (Å²) in [4.78, 5) is 26.7. The van der Waals surface area contributed by atoms with Gasteiger partial charge in [-0.1, -0.05) is 0 Å². The molecular formula is C20H28N4O3S. The highest BCUT2D eigenvalue weighted by Gasteiger charge is 2.42. The highest BCUT2D eigenvalue weighted by Crippen LogP contribution is 2.45. The van der Waals surface area contributed by atoms with Crippen LogP contribution in [0, 0.1) is 6.92 Å². The molecule has 0 fully saturated rings. The van der Waals surface area contributed by atoms with Crippen molar-refractivity contribution in [3.63, 3.8) is 0 Å². The third-order valence-electron chi connectivity index (χ3n) is 4.78. The van der Waals surface area contributed by atoms with Gasteiger partial charge in [-0.15, -0.1) is 11.3 Å². The summed E-state index contributed by atoms with van der Waals surface area (Å²) in [6.07, 6.45) is 2.46. The number of hydrogen-bond acceptors (Lipinski definition) is 6. The molecule has 0 bridgehead atoms. The molecule has 8 heteroatoms. The van der Waals surface area contributed by atoms with Gasteiger partial charge in [-0.2, -0.15) is 5.10 Å². The van der Waals surface area contributed by atoms with Gasteiger partial charge in [0.1, 0.15) is 5.00 Å². The fraction of sp³-hybridized carbons (Fsp3) is 0.550. The van der Waals surface area contributed by atoms with Crippen molar-refractivity contribution >= 4 is 28.2 Å². The van der Waals surface area contributed by atoms with Crippen molar-refractivity contribution in [1.82, 2.24) is 15.1 Å². The number of nitrogens with zero attached hydrogens (tertiary/aromatic N) is 2. The zero-order chi connectivity index (χ0) is 20.9. The zero-order valence-corrected chi connectivity index (χ0v) is 18.3. The number of fused-ring (bicyclic) bond motifs is 1. The van der Waals surface area contributed by atoms with E-state index >= 15 is 0 Å². The first-order valence-corrected chi connectivity index (χ1v) is 10.2. The number of anilines is 1. The Hall–Kier alpha value is -2.19. The maximum atomic E-state index is 12.8. The molecule has 2 N–H and O–H groups in total. The van der Waals surface area contributed by atoms with E-state index in [4.69, 9.17) is 4.74 Å². The summed E-state index contributed by atoms with van der Waals surface area (Å²) in [5, 5.41) is 11.3. The summed E-state index contributed by atoms with van der Waals surface area (Å²) in [5.74, 6) is -0.728. The molecule has 1 aliphatic rings. The molecule has 2 aromatic rings. The summed E-state index contributed by atoms with van der Waals surface area (Å²) in [7, 11) is 1.77. The fourth-order valence-corrected chi connectivity index (χ4v) is 5.29. The van der Waals surface area contributed by atoms with E-state index in [1.165, 1.54) is 11.3 Å². The summed E-state index contributed by atoms with van der Waals surface area (Å²) in [6, 6.07) is 0. The predicted molar refractivity (Wildman–Crippen MR) is 110 cm³/mol. The number of thiophene rings is 1. The van der Waals surface area contributed by atoms with E-state index in [1.807, 2.05) is 6.92 Å². The van der Waals surface area contributed by atoms with Crippen molar-refractivity contribution in [2.45, 2.75) is 59.0 Å². The Morgan fingerprint density at radius 3 is 2.61 bits per heavy atom. The molecule has 0 saturated heterocycles. The lowest BCUT2D eigenvalue weighted by Crippen LogP contribution is -2.55. The lowest BCUT2D eigenvalue weighted by atomic mass is 9.81. The van der Waals surface area contributed by atoms with Crippen LogP contribution in [0.3, 0.4) is 0 Å². The molecule has 0 atom stereocenters. The van der Waals surface area contributed by atoms with Crippen LogP contribution < -0.4 is 10.6 Å². The second kappa shape index (κ2) is 7.00. The van der Waals surface area contributed by atoms with E-state index in [0.717, 1.165) is 16.0 Å². The van der Waals surface area contributed by atoms with Crippen molar-refractivity contribution in [3.8, 4) is 0 Å². The lowest BCUT2D eigenvalue weighted by molar-refractivity contribution is 0.0526. The Morgan fingerprint density at radius 1 is 1.36 bits per heavy atom. The third kappa shape index (κ3) is 3.71. The fourth-order valence-electron chi connectivity index (χ4n) is 4.03. The second-order valence-electron chi connectivity index (χ2n) is 8.43. The van der Waals surface area contributed by atoms with E-state index < -0.39 is 5.97 Å². The number of aromatic nitrogens is 2. The Kier molecular flexibility index (Phi) is 5.14. The van der Waals surface area contributed by atoms with E-state index in [0.29, 0.717) is 22.7 Å². The van der Waals surface area contributed by atoms with Crippen LogP contribution >= 0.6 is 11.3 Å². The van der Waals surface area contributed by atoms with Gasteiger partial charge in [0.15, 0.2) is 5.69 Å². The molecule has 0 spiro atoms. The van der Waals surface area contributed by atoms with E-state index in [2.05, 4.69) is 43.4 Å². The Balaban J connectivity index is 2.08. The van der Waals surface area contributed by atoms with Gasteiger partial charge in [0.25, 0.3) is 5.91 Å². The van der Waals surface area contributed by atoms with Crippen molar-refractivity contribution in [2.75, 3.05) is 11.9 Å². The van der Waals surface area contributed by atoms with Crippen LogP contribution in [0.5, 0.6) is 0 Å². The predicted octanol–water partition coefficient (Wildman–Crippen LogP) is 3.38. The number of aryl methyl sites for hydroxylation is 2. The van der Waals surface area contributed by atoms with Gasteiger partial charge in [0, 0.05) is 34.8 Å². The summed E-state index contributed by atoms with van der Waals surface area (Å²) in [6.45, 7) is 12.3. The highest BCUT2D eigenvalue weighted by molar-refractivity contribution is 7.17. The van der Waals surface area contributed by atoms with Gasteiger partial charge >= 0.3 is 5.97 Å². The summed E-state index contributed by atoms with van der Waals surface area (Å²) >= 11 is 1.43. The highest BCUT2D eigenvalue weighted by atomic mass is 32.1. The monoisotopic (exact) mass is 404 g/mol. The molecule has 0 saturated carbocycles. The van der Waals surface area contributed by atoms with Crippen LogP contribution in [-0.2, 0) is 23.7 Å². The zero-order valence-electron chi connectivity index (χ0n) is 17.5. The standard InChI is InChI=1S/C20H28N4O3S/c1-8-27-18(26)13-12-9-19(3,4)23-20(5,6)15(12)28-17(13)21-16(25)14-11(2)10-24(7)22-14/h10,23H,8-9H2,1-7H3,(H,21,25). The number of hydrogen-bond donors (Lipinski definition) is 2. The van der Waals surface area contributed by atoms with E-state index in [1.54, 1.807) is 24.9 Å². The number of nitrogens with one attached hydrogen (secondary N) is 2. The Bertz CT molecular complexity index is 940. The molecule has 0 radical (unpaired) electrons. The van der Waals surface area contributed by atoms with Crippen molar-refractivity contribution in [2.24, 2.45) is 7.05 Å². The Labute approximate surface area is 169 Å². The smallest absolute Gasteiger partial charge is 0.341 e. The maximum absolute atomic E-state index is 12.8. The molecule has 0 aliphatic carbocycles. The first-order valence-electron chi connectivity index (χ1n) is 9.39. The first-order chi connectivity index (χ1) is 12.9. The molecule has 3 heterocycles. The van der Waals surface area contributed by atoms with Gasteiger partial charge < -0.3 is 15.4 Å². The van der Waals surface area contributed by atoms with E-state index in [-0.39, 0.29) is 23.6 Å². The van der Waals surface area contributed by atoms with Gasteiger partial charge in [-0.25, -0.2) is 4.79 Å². The van der Waals surface area contributed by atoms with E-state index in [9.17, 15) is 9.59 Å². The quantitative estimate of drug-likeness (QED) is 0.763. The first kappa shape index (κ1) is 20.5. The normalized spacial score (nSPS) is 17.1. The molecule has 3 rings (SSSR count). The topological polar surface area (TPSA) is 85.2 Å². The number of esters is 1. The molecule has 7 nitrogen and oxygen atoms in total. The number of rotatable bonds is 4. The summed E-state index contributed by atoms with van der Waals surface area (Å²) in [5.41, 5.74) is 2.03.